The van der Waals surface area contributed by atoms with Crippen LogP contribution >= 0.6 is 0 Å². The first-order valence-corrected chi connectivity index (χ1v) is 13.5. The largest absolute Gasteiger partial charge is 0.486 e. The highest BCUT2D eigenvalue weighted by atomic mass is 16.6. The van der Waals surface area contributed by atoms with Crippen LogP contribution in [0.2, 0.25) is 0 Å². The van der Waals surface area contributed by atoms with Crippen molar-refractivity contribution in [3.8, 4) is 5.75 Å². The average Bonchev–Trinajstić information content (AvgIpc) is 3.48. The van der Waals surface area contributed by atoms with Crippen molar-refractivity contribution in [1.29, 1.82) is 5.41 Å². The Morgan fingerprint density at radius 2 is 1.66 bits per heavy atom. The first-order valence-electron chi connectivity index (χ1n) is 13.5. The Hall–Kier alpha value is -2.81. The van der Waals surface area contributed by atoms with Crippen LogP contribution in [0.1, 0.15) is 85.3 Å². The Labute approximate surface area is 225 Å². The van der Waals surface area contributed by atoms with Crippen LogP contribution in [0.25, 0.3) is 0 Å². The number of carbonyl (C=O) groups is 2. The summed E-state index contributed by atoms with van der Waals surface area (Å²) in [6.45, 7) is 12.8. The van der Waals surface area contributed by atoms with Crippen molar-refractivity contribution < 1.29 is 28.5 Å². The number of nitrogens with one attached hydrogen (secondary N) is 3. The number of aryl methyl sites for hydroxylation is 1. The number of fused-ring (bicyclic) bond motifs is 1. The molecular weight excluding hydrogens is 486 g/mol. The van der Waals surface area contributed by atoms with Crippen LogP contribution in [0.5, 0.6) is 5.75 Å². The zero-order valence-electron chi connectivity index (χ0n) is 23.9. The maximum atomic E-state index is 12.9. The van der Waals surface area contributed by atoms with E-state index in [1.807, 2.05) is 59.7 Å². The predicted molar refractivity (Wildman–Crippen MR) is 144 cm³/mol. The van der Waals surface area contributed by atoms with E-state index in [2.05, 4.69) is 10.6 Å². The van der Waals surface area contributed by atoms with Gasteiger partial charge in [-0.1, -0.05) is 0 Å². The first kappa shape index (κ1) is 28.2. The van der Waals surface area contributed by atoms with Gasteiger partial charge in [0.25, 0.3) is 0 Å². The van der Waals surface area contributed by atoms with Gasteiger partial charge in [-0.25, -0.2) is 9.59 Å². The van der Waals surface area contributed by atoms with Gasteiger partial charge in [0.15, 0.2) is 5.60 Å². The van der Waals surface area contributed by atoms with Crippen molar-refractivity contribution in [2.24, 2.45) is 5.41 Å². The summed E-state index contributed by atoms with van der Waals surface area (Å²) >= 11 is 0. The number of amides is 1. The minimum Gasteiger partial charge on any atom is -0.486 e. The number of hydrogen-bond acceptors (Lipinski definition) is 7. The number of methoxy groups -OCH3 is 1. The number of carbonyl (C=O) groups excluding carboxylic acids is 2. The molecule has 1 aliphatic heterocycles. The molecule has 0 radical (unpaired) electrons. The third-order valence-electron chi connectivity index (χ3n) is 7.67. The SMILES string of the molecule is CO[C@](C)(C(=O)OC(C)(C)C)[C@H]1CCc2cc(C(=N)NC3CC4(C3)CC4NC(=O)OC(C)(C)C)ccc2O1. The van der Waals surface area contributed by atoms with Crippen LogP contribution in [0.3, 0.4) is 0 Å². The molecule has 0 aromatic heterocycles. The van der Waals surface area contributed by atoms with Crippen LogP contribution in [-0.2, 0) is 25.4 Å². The van der Waals surface area contributed by atoms with Gasteiger partial charge in [0, 0.05) is 24.8 Å². The normalized spacial score (nSPS) is 27.6. The second-order valence-electron chi connectivity index (χ2n) is 13.2. The maximum Gasteiger partial charge on any atom is 0.407 e. The van der Waals surface area contributed by atoms with E-state index in [0.717, 1.165) is 30.4 Å². The summed E-state index contributed by atoms with van der Waals surface area (Å²) < 4.78 is 22.8. The van der Waals surface area contributed by atoms with Crippen molar-refractivity contribution in [3.05, 3.63) is 29.3 Å². The molecule has 4 rings (SSSR count). The van der Waals surface area contributed by atoms with Crippen molar-refractivity contribution in [3.63, 3.8) is 0 Å². The summed E-state index contributed by atoms with van der Waals surface area (Å²) in [5.41, 5.74) is -0.421. The molecule has 1 aromatic carbocycles. The monoisotopic (exact) mass is 529 g/mol. The molecule has 9 nitrogen and oxygen atoms in total. The summed E-state index contributed by atoms with van der Waals surface area (Å²) in [4.78, 5) is 24.9. The first-order chi connectivity index (χ1) is 17.5. The molecule has 2 aliphatic carbocycles. The smallest absolute Gasteiger partial charge is 0.407 e. The summed E-state index contributed by atoms with van der Waals surface area (Å²) in [5, 5.41) is 14.9. The van der Waals surface area contributed by atoms with Crippen molar-refractivity contribution in [1.82, 2.24) is 10.6 Å². The molecule has 9 heteroatoms. The average molecular weight is 530 g/mol. The van der Waals surface area contributed by atoms with Gasteiger partial charge < -0.3 is 29.6 Å². The zero-order chi connectivity index (χ0) is 28.1. The number of esters is 1. The van der Waals surface area contributed by atoms with Crippen LogP contribution in [0.15, 0.2) is 18.2 Å². The lowest BCUT2D eigenvalue weighted by molar-refractivity contribution is -0.190. The minimum atomic E-state index is -1.23. The topological polar surface area (TPSA) is 119 Å². The third-order valence-corrected chi connectivity index (χ3v) is 7.67. The molecular formula is C29H43N3O6. The molecule has 0 bridgehead atoms. The fourth-order valence-corrected chi connectivity index (χ4v) is 5.42. The lowest BCUT2D eigenvalue weighted by Crippen LogP contribution is -2.54. The number of rotatable bonds is 6. The van der Waals surface area contributed by atoms with Gasteiger partial charge in [-0.15, -0.1) is 0 Å². The number of ether oxygens (including phenoxy) is 4. The minimum absolute atomic E-state index is 0.135. The number of alkyl carbamates (subject to hydrolysis) is 1. The number of amidine groups is 1. The van der Waals surface area contributed by atoms with Gasteiger partial charge >= 0.3 is 12.1 Å². The molecule has 0 saturated heterocycles. The van der Waals surface area contributed by atoms with Gasteiger partial charge in [0.1, 0.15) is 28.9 Å². The van der Waals surface area contributed by atoms with E-state index in [4.69, 9.17) is 24.4 Å². The van der Waals surface area contributed by atoms with Crippen LogP contribution in [-0.4, -0.2) is 60.0 Å². The van der Waals surface area contributed by atoms with Gasteiger partial charge in [-0.3, -0.25) is 5.41 Å². The van der Waals surface area contributed by atoms with Crippen LogP contribution < -0.4 is 15.4 Å². The van der Waals surface area contributed by atoms with E-state index in [1.165, 1.54) is 7.11 Å². The van der Waals surface area contributed by atoms with E-state index in [9.17, 15) is 9.59 Å². The molecule has 1 heterocycles. The van der Waals surface area contributed by atoms with E-state index in [-0.39, 0.29) is 23.6 Å². The summed E-state index contributed by atoms with van der Waals surface area (Å²) in [6.07, 6.45) is 3.26. The van der Waals surface area contributed by atoms with E-state index < -0.39 is 28.9 Å². The second kappa shape index (κ2) is 9.74. The lowest BCUT2D eigenvalue weighted by Gasteiger charge is -2.39. The Kier molecular flexibility index (Phi) is 7.23. The maximum absolute atomic E-state index is 12.9. The number of benzene rings is 1. The highest BCUT2D eigenvalue weighted by molar-refractivity contribution is 5.97. The van der Waals surface area contributed by atoms with Gasteiger partial charge in [0.2, 0.25) is 0 Å². The third kappa shape index (κ3) is 6.08. The highest BCUT2D eigenvalue weighted by Crippen LogP contribution is 2.60. The van der Waals surface area contributed by atoms with Crippen LogP contribution in [0, 0.1) is 10.8 Å². The molecule has 3 aliphatic rings. The van der Waals surface area contributed by atoms with Gasteiger partial charge in [-0.2, -0.15) is 0 Å². The predicted octanol–water partition coefficient (Wildman–Crippen LogP) is 4.49. The fourth-order valence-electron chi connectivity index (χ4n) is 5.42. The van der Waals surface area contributed by atoms with Crippen molar-refractivity contribution >= 4 is 17.9 Å². The molecule has 1 unspecified atom stereocenters. The molecule has 3 N–H and O–H groups in total. The number of hydrogen-bond donors (Lipinski definition) is 3. The molecule has 38 heavy (non-hydrogen) atoms. The standard InChI is InChI=1S/C29H43N3O6/c1-26(2,3)37-24(33)28(7,35-8)22-12-10-17-13-18(9-11-20(17)36-22)23(30)31-19-14-29(15-19)16-21(29)32-25(34)38-27(4,5)6/h9,11,13,19,21-22H,10,12,14-16H2,1-8H3,(H2,30,31)(H,32,34)/t19?,21?,22-,28+,29?/m1/s1. The van der Waals surface area contributed by atoms with E-state index in [1.54, 1.807) is 6.92 Å². The quantitative estimate of drug-likeness (QED) is 0.282. The van der Waals surface area contributed by atoms with Gasteiger partial charge in [0.05, 0.1) is 0 Å². The van der Waals surface area contributed by atoms with Crippen molar-refractivity contribution in [2.75, 3.05) is 7.11 Å². The summed E-state index contributed by atoms with van der Waals surface area (Å²) in [7, 11) is 1.50. The second-order valence-corrected chi connectivity index (χ2v) is 13.2. The van der Waals surface area contributed by atoms with Crippen molar-refractivity contribution in [2.45, 2.75) is 116 Å². The molecule has 210 valence electrons. The highest BCUT2D eigenvalue weighted by Gasteiger charge is 2.62. The Morgan fingerprint density at radius 3 is 2.26 bits per heavy atom. The van der Waals surface area contributed by atoms with Gasteiger partial charge in [-0.05, 0) is 110 Å². The zero-order valence-corrected chi connectivity index (χ0v) is 23.9. The van der Waals surface area contributed by atoms with E-state index in [0.29, 0.717) is 24.4 Å². The summed E-state index contributed by atoms with van der Waals surface area (Å²) in [6, 6.07) is 6.07. The molecule has 1 spiro atoms. The molecule has 3 atom stereocenters. The fraction of sp³-hybridized carbons (Fsp3) is 0.690. The Morgan fingerprint density at radius 1 is 1.00 bits per heavy atom. The van der Waals surface area contributed by atoms with E-state index >= 15 is 0 Å². The lowest BCUT2D eigenvalue weighted by atomic mass is 9.76. The Balaban J connectivity index is 1.30. The Bertz CT molecular complexity index is 1100. The summed E-state index contributed by atoms with van der Waals surface area (Å²) in [5.74, 6) is 0.629. The molecule has 2 fully saturated rings. The molecule has 1 aromatic rings. The van der Waals surface area contributed by atoms with Crippen LogP contribution in [0.4, 0.5) is 4.79 Å². The molecule has 2 saturated carbocycles. The molecule has 1 amide bonds.